The summed E-state index contributed by atoms with van der Waals surface area (Å²) in [7, 11) is 0. The molecular formula is C19H21FN2O4S. The quantitative estimate of drug-likeness (QED) is 0.750. The van der Waals surface area contributed by atoms with Gasteiger partial charge in [-0.25, -0.2) is 4.39 Å². The second-order valence-electron chi connectivity index (χ2n) is 6.73. The summed E-state index contributed by atoms with van der Waals surface area (Å²) in [6, 6.07) is 7.36. The minimum atomic E-state index is -1.93. The summed E-state index contributed by atoms with van der Waals surface area (Å²) >= 11 is 5.29. The van der Waals surface area contributed by atoms with Gasteiger partial charge in [-0.3, -0.25) is 4.57 Å². The smallest absolute Gasteiger partial charge is 0.223 e. The minimum Gasteiger partial charge on any atom is -0.509 e. The predicted molar refractivity (Wildman–Crippen MR) is 100 cm³/mol. The fraction of sp³-hybridized carbons (Fsp3) is 0.368. The summed E-state index contributed by atoms with van der Waals surface area (Å²) in [4.78, 5) is 4.23. The average Bonchev–Trinajstić information content (AvgIpc) is 2.59. The third-order valence-corrected chi connectivity index (χ3v) is 4.72. The summed E-state index contributed by atoms with van der Waals surface area (Å²) in [6.07, 6.45) is 0.0681. The molecule has 2 aromatic rings. The fourth-order valence-electron chi connectivity index (χ4n) is 3.01. The van der Waals surface area contributed by atoms with Crippen LogP contribution in [0.3, 0.4) is 0 Å². The first-order chi connectivity index (χ1) is 12.7. The molecule has 6 nitrogen and oxygen atoms in total. The van der Waals surface area contributed by atoms with E-state index in [4.69, 9.17) is 21.7 Å². The number of hydrogen-bond donors (Lipinski definition) is 2. The van der Waals surface area contributed by atoms with Crippen molar-refractivity contribution in [2.75, 3.05) is 6.61 Å². The lowest BCUT2D eigenvalue weighted by Gasteiger charge is -2.36. The van der Waals surface area contributed by atoms with Crippen molar-refractivity contribution in [2.45, 2.75) is 39.1 Å². The standard InChI is InChI=1S/C19H21FN2O4S/c1-11-5-4-6-12(2)16(11)26-15-7-8-22(18(27)21-15)17-19(3,20)9-13(24)14(10-23)25-17/h4-8,17,23-24H,9-10H2,1-3H3/t17-,19?/m1/s1. The van der Waals surface area contributed by atoms with Crippen LogP contribution < -0.4 is 4.74 Å². The van der Waals surface area contributed by atoms with E-state index in [1.54, 1.807) is 6.07 Å². The molecule has 0 aliphatic carbocycles. The Morgan fingerprint density at radius 3 is 2.63 bits per heavy atom. The number of halogens is 1. The van der Waals surface area contributed by atoms with E-state index >= 15 is 0 Å². The van der Waals surface area contributed by atoms with Crippen LogP contribution in [0.15, 0.2) is 42.0 Å². The Morgan fingerprint density at radius 2 is 2.04 bits per heavy atom. The number of hydrogen-bond acceptors (Lipinski definition) is 6. The van der Waals surface area contributed by atoms with E-state index in [1.165, 1.54) is 17.7 Å². The van der Waals surface area contributed by atoms with Crippen LogP contribution in [0.25, 0.3) is 0 Å². The van der Waals surface area contributed by atoms with Crippen molar-refractivity contribution in [3.05, 3.63) is 57.9 Å². The van der Waals surface area contributed by atoms with Gasteiger partial charge in [-0.2, -0.15) is 4.98 Å². The summed E-state index contributed by atoms with van der Waals surface area (Å²) in [5.41, 5.74) is -0.0170. The monoisotopic (exact) mass is 392 g/mol. The molecule has 1 unspecified atom stereocenters. The van der Waals surface area contributed by atoms with E-state index in [2.05, 4.69) is 4.98 Å². The van der Waals surface area contributed by atoms with E-state index in [0.29, 0.717) is 5.75 Å². The van der Waals surface area contributed by atoms with Crippen LogP contribution in [-0.2, 0) is 4.74 Å². The number of benzene rings is 1. The number of aliphatic hydroxyl groups is 2. The SMILES string of the molecule is Cc1cccc(C)c1Oc1ccn([C@@H]2OC(CO)=C(O)CC2(C)F)c(=S)n1. The largest absolute Gasteiger partial charge is 0.509 e. The first-order valence-electron chi connectivity index (χ1n) is 8.43. The zero-order valence-corrected chi connectivity index (χ0v) is 16.1. The maximum Gasteiger partial charge on any atom is 0.223 e. The van der Waals surface area contributed by atoms with Crippen molar-refractivity contribution < 1.29 is 24.1 Å². The summed E-state index contributed by atoms with van der Waals surface area (Å²) in [5, 5.41) is 19.1. The Kier molecular flexibility index (Phi) is 5.21. The third kappa shape index (κ3) is 3.81. The molecule has 0 saturated carbocycles. The zero-order valence-electron chi connectivity index (χ0n) is 15.3. The van der Waals surface area contributed by atoms with Gasteiger partial charge in [-0.1, -0.05) is 18.2 Å². The Morgan fingerprint density at radius 1 is 1.37 bits per heavy atom. The van der Waals surface area contributed by atoms with Crippen LogP contribution in [0.4, 0.5) is 4.39 Å². The lowest BCUT2D eigenvalue weighted by molar-refractivity contribution is -0.102. The van der Waals surface area contributed by atoms with E-state index in [-0.39, 0.29) is 28.6 Å². The van der Waals surface area contributed by atoms with Gasteiger partial charge in [0.1, 0.15) is 18.1 Å². The van der Waals surface area contributed by atoms with Crippen molar-refractivity contribution in [1.29, 1.82) is 0 Å². The van der Waals surface area contributed by atoms with Gasteiger partial charge in [-0.15, -0.1) is 0 Å². The molecule has 0 fully saturated rings. The van der Waals surface area contributed by atoms with Crippen molar-refractivity contribution in [1.82, 2.24) is 9.55 Å². The number of ether oxygens (including phenoxy) is 2. The van der Waals surface area contributed by atoms with Gasteiger partial charge in [0.2, 0.25) is 16.9 Å². The molecule has 1 aromatic heterocycles. The molecule has 0 amide bonds. The predicted octanol–water partition coefficient (Wildman–Crippen LogP) is 4.43. The number of alkyl halides is 1. The van der Waals surface area contributed by atoms with Crippen LogP contribution in [0.5, 0.6) is 11.6 Å². The molecule has 144 valence electrons. The fourth-order valence-corrected chi connectivity index (χ4v) is 3.26. The number of nitrogens with zero attached hydrogens (tertiary/aromatic N) is 2. The topological polar surface area (TPSA) is 76.7 Å². The van der Waals surface area contributed by atoms with Crippen LogP contribution in [0, 0.1) is 18.6 Å². The number of rotatable bonds is 4. The molecule has 2 atom stereocenters. The maximum atomic E-state index is 15.0. The van der Waals surface area contributed by atoms with E-state index in [0.717, 1.165) is 11.1 Å². The van der Waals surface area contributed by atoms with Gasteiger partial charge in [0.05, 0.1) is 0 Å². The van der Waals surface area contributed by atoms with Crippen molar-refractivity contribution in [3.8, 4) is 11.6 Å². The molecule has 1 aliphatic rings. The third-order valence-electron chi connectivity index (χ3n) is 4.42. The molecule has 2 heterocycles. The zero-order chi connectivity index (χ0) is 19.8. The molecular weight excluding hydrogens is 371 g/mol. The summed E-state index contributed by atoms with van der Waals surface area (Å²) in [5.74, 6) is 0.587. The van der Waals surface area contributed by atoms with Gasteiger partial charge in [0.25, 0.3) is 0 Å². The van der Waals surface area contributed by atoms with Gasteiger partial charge < -0.3 is 19.7 Å². The molecule has 0 saturated heterocycles. The first kappa shape index (κ1) is 19.3. The van der Waals surface area contributed by atoms with Crippen LogP contribution in [-0.4, -0.2) is 32.0 Å². The van der Waals surface area contributed by atoms with Gasteiger partial charge in [0.15, 0.2) is 11.4 Å². The van der Waals surface area contributed by atoms with Crippen molar-refractivity contribution in [2.24, 2.45) is 0 Å². The van der Waals surface area contributed by atoms with Crippen molar-refractivity contribution in [3.63, 3.8) is 0 Å². The molecule has 0 bridgehead atoms. The second kappa shape index (κ2) is 7.28. The average molecular weight is 392 g/mol. The molecule has 8 heteroatoms. The lowest BCUT2D eigenvalue weighted by atomic mass is 9.97. The molecule has 3 rings (SSSR count). The highest BCUT2D eigenvalue weighted by molar-refractivity contribution is 7.71. The number of aromatic nitrogens is 2. The van der Waals surface area contributed by atoms with Crippen LogP contribution in [0.2, 0.25) is 0 Å². The van der Waals surface area contributed by atoms with E-state index < -0.39 is 18.5 Å². The second-order valence-corrected chi connectivity index (χ2v) is 7.10. The molecule has 1 aromatic carbocycles. The molecule has 27 heavy (non-hydrogen) atoms. The van der Waals surface area contributed by atoms with Gasteiger partial charge in [-0.05, 0) is 44.1 Å². The van der Waals surface area contributed by atoms with E-state index in [1.807, 2.05) is 32.0 Å². The van der Waals surface area contributed by atoms with Crippen LogP contribution >= 0.6 is 12.2 Å². The molecule has 1 aliphatic heterocycles. The molecule has 0 radical (unpaired) electrons. The number of aliphatic hydroxyl groups excluding tert-OH is 2. The molecule has 0 spiro atoms. The number of aryl methyl sites for hydroxylation is 2. The highest BCUT2D eigenvalue weighted by Gasteiger charge is 2.43. The highest BCUT2D eigenvalue weighted by Crippen LogP contribution is 2.40. The number of allylic oxidation sites excluding steroid dienone is 1. The Bertz CT molecular complexity index is 935. The Labute approximate surface area is 161 Å². The van der Waals surface area contributed by atoms with Gasteiger partial charge in [0, 0.05) is 18.7 Å². The number of para-hydroxylation sites is 1. The molecule has 2 N–H and O–H groups in total. The van der Waals surface area contributed by atoms with Crippen LogP contribution in [0.1, 0.15) is 30.7 Å². The Balaban J connectivity index is 1.92. The summed E-state index contributed by atoms with van der Waals surface area (Å²) in [6.45, 7) is 4.62. The summed E-state index contributed by atoms with van der Waals surface area (Å²) < 4.78 is 27.7. The van der Waals surface area contributed by atoms with Crippen molar-refractivity contribution >= 4 is 12.2 Å². The minimum absolute atomic E-state index is 0.0614. The maximum absolute atomic E-state index is 15.0. The van der Waals surface area contributed by atoms with Gasteiger partial charge >= 0.3 is 0 Å². The van der Waals surface area contributed by atoms with E-state index in [9.17, 15) is 14.6 Å². The highest BCUT2D eigenvalue weighted by atomic mass is 32.1. The lowest BCUT2D eigenvalue weighted by Crippen LogP contribution is -2.39. The Hall–Kier alpha value is -2.45. The first-order valence-corrected chi connectivity index (χ1v) is 8.84. The normalized spacial score (nSPS) is 22.5.